The predicted molar refractivity (Wildman–Crippen MR) is 62.8 cm³/mol. The number of hydrogen-bond donors (Lipinski definition) is 2. The molecule has 16 heavy (non-hydrogen) atoms. The normalized spacial score (nSPS) is 12.4. The Kier molecular flexibility index (Phi) is 4.89. The maximum atomic E-state index is 13.6. The Bertz CT molecular complexity index is 384. The highest BCUT2D eigenvalue weighted by Gasteiger charge is 2.22. The van der Waals surface area contributed by atoms with E-state index in [-0.39, 0.29) is 5.56 Å². The fraction of sp³-hybridized carbons (Fsp3) is 0.364. The first-order valence-electron chi connectivity index (χ1n) is 4.97. The molecule has 2 N–H and O–H groups in total. The van der Waals surface area contributed by atoms with Crippen molar-refractivity contribution < 1.29 is 14.3 Å². The van der Waals surface area contributed by atoms with Crippen LogP contribution in [-0.4, -0.2) is 17.6 Å². The van der Waals surface area contributed by atoms with Crippen LogP contribution in [0.25, 0.3) is 0 Å². The Morgan fingerprint density at radius 1 is 1.62 bits per heavy atom. The minimum absolute atomic E-state index is 0.157. The largest absolute Gasteiger partial charge is 0.480 e. The molecule has 0 aliphatic rings. The molecule has 1 aromatic carbocycles. The Morgan fingerprint density at radius 2 is 2.31 bits per heavy atom. The van der Waals surface area contributed by atoms with Crippen LogP contribution in [0.15, 0.2) is 22.7 Å². The number of hydrogen-bond acceptors (Lipinski definition) is 2. The lowest BCUT2D eigenvalue weighted by atomic mass is 10.1. The van der Waals surface area contributed by atoms with E-state index in [1.807, 2.05) is 6.92 Å². The first kappa shape index (κ1) is 13.1. The molecular formula is C11H13BrFNO2. The third-order valence-electron chi connectivity index (χ3n) is 2.12. The standard InChI is InChI=1S/C11H13BrFNO2/c1-2-5-14-10(11(15)16)8-4-3-7(12)6-9(8)13/h3-4,6,10,14H,2,5H2,1H3,(H,15,16). The molecule has 0 bridgehead atoms. The topological polar surface area (TPSA) is 49.3 Å². The van der Waals surface area contributed by atoms with Crippen LogP contribution >= 0.6 is 15.9 Å². The quantitative estimate of drug-likeness (QED) is 0.876. The highest BCUT2D eigenvalue weighted by Crippen LogP contribution is 2.21. The second-order valence-corrected chi connectivity index (χ2v) is 4.31. The Balaban J connectivity index is 2.96. The molecule has 1 rings (SSSR count). The maximum Gasteiger partial charge on any atom is 0.325 e. The first-order chi connectivity index (χ1) is 7.56. The SMILES string of the molecule is CCCNC(C(=O)O)c1ccc(Br)cc1F. The molecule has 0 saturated heterocycles. The molecule has 0 heterocycles. The average Bonchev–Trinajstić information content (AvgIpc) is 2.20. The summed E-state index contributed by atoms with van der Waals surface area (Å²) in [6, 6.07) is 3.37. The summed E-state index contributed by atoms with van der Waals surface area (Å²) >= 11 is 3.13. The van der Waals surface area contributed by atoms with Crippen molar-refractivity contribution in [1.29, 1.82) is 0 Å². The minimum Gasteiger partial charge on any atom is -0.480 e. The van der Waals surface area contributed by atoms with Crippen LogP contribution in [0.1, 0.15) is 24.9 Å². The summed E-state index contributed by atoms with van der Waals surface area (Å²) in [5.41, 5.74) is 0.157. The van der Waals surface area contributed by atoms with E-state index in [2.05, 4.69) is 21.2 Å². The minimum atomic E-state index is -1.07. The van der Waals surface area contributed by atoms with Gasteiger partial charge in [0.1, 0.15) is 11.9 Å². The van der Waals surface area contributed by atoms with Crippen LogP contribution in [0, 0.1) is 5.82 Å². The van der Waals surface area contributed by atoms with E-state index in [1.54, 1.807) is 6.07 Å². The Labute approximate surface area is 102 Å². The van der Waals surface area contributed by atoms with Gasteiger partial charge in [-0.2, -0.15) is 0 Å². The second-order valence-electron chi connectivity index (χ2n) is 3.39. The van der Waals surface area contributed by atoms with Gasteiger partial charge in [-0.15, -0.1) is 0 Å². The van der Waals surface area contributed by atoms with Gasteiger partial charge in [-0.25, -0.2) is 4.39 Å². The Morgan fingerprint density at radius 3 is 2.81 bits per heavy atom. The molecule has 1 unspecified atom stereocenters. The van der Waals surface area contributed by atoms with Gasteiger partial charge in [0.15, 0.2) is 0 Å². The zero-order valence-corrected chi connectivity index (χ0v) is 10.4. The third-order valence-corrected chi connectivity index (χ3v) is 2.61. The van der Waals surface area contributed by atoms with E-state index in [0.29, 0.717) is 11.0 Å². The fourth-order valence-corrected chi connectivity index (χ4v) is 1.69. The van der Waals surface area contributed by atoms with Gasteiger partial charge >= 0.3 is 5.97 Å². The van der Waals surface area contributed by atoms with Crippen LogP contribution in [0.4, 0.5) is 4.39 Å². The van der Waals surface area contributed by atoms with Crippen LogP contribution < -0.4 is 5.32 Å². The number of benzene rings is 1. The first-order valence-corrected chi connectivity index (χ1v) is 5.76. The van der Waals surface area contributed by atoms with E-state index in [9.17, 15) is 9.18 Å². The highest BCUT2D eigenvalue weighted by molar-refractivity contribution is 9.10. The molecule has 1 atom stereocenters. The molecular weight excluding hydrogens is 277 g/mol. The molecule has 0 radical (unpaired) electrons. The van der Waals surface area contributed by atoms with Crippen LogP contribution in [-0.2, 0) is 4.79 Å². The van der Waals surface area contributed by atoms with Gasteiger partial charge in [0.2, 0.25) is 0 Å². The molecule has 0 amide bonds. The van der Waals surface area contributed by atoms with Crippen molar-refractivity contribution in [3.05, 3.63) is 34.1 Å². The molecule has 5 heteroatoms. The van der Waals surface area contributed by atoms with Crippen LogP contribution in [0.3, 0.4) is 0 Å². The van der Waals surface area contributed by atoms with Crippen LogP contribution in [0.5, 0.6) is 0 Å². The molecule has 0 aliphatic carbocycles. The molecule has 1 aromatic rings. The Hall–Kier alpha value is -0.940. The lowest BCUT2D eigenvalue weighted by Gasteiger charge is -2.15. The van der Waals surface area contributed by atoms with Gasteiger partial charge in [0.25, 0.3) is 0 Å². The molecule has 0 spiro atoms. The molecule has 3 nitrogen and oxygen atoms in total. The van der Waals surface area contributed by atoms with Crippen molar-refractivity contribution >= 4 is 21.9 Å². The second kappa shape index (κ2) is 5.96. The number of carbonyl (C=O) groups is 1. The van der Waals surface area contributed by atoms with Gasteiger partial charge < -0.3 is 10.4 Å². The molecule has 0 fully saturated rings. The van der Waals surface area contributed by atoms with E-state index < -0.39 is 17.8 Å². The average molecular weight is 290 g/mol. The predicted octanol–water partition coefficient (Wildman–Crippen LogP) is 2.71. The van der Waals surface area contributed by atoms with Crippen LogP contribution in [0.2, 0.25) is 0 Å². The summed E-state index contributed by atoms with van der Waals surface area (Å²) in [6.07, 6.45) is 0.794. The van der Waals surface area contributed by atoms with Gasteiger partial charge in [-0.1, -0.05) is 28.9 Å². The zero-order valence-electron chi connectivity index (χ0n) is 8.84. The van der Waals surface area contributed by atoms with Crippen molar-refractivity contribution in [1.82, 2.24) is 5.32 Å². The summed E-state index contributed by atoms with van der Waals surface area (Å²) in [5.74, 6) is -1.60. The summed E-state index contributed by atoms with van der Waals surface area (Å²) in [4.78, 5) is 11.0. The molecule has 0 aromatic heterocycles. The summed E-state index contributed by atoms with van der Waals surface area (Å²) in [7, 11) is 0. The highest BCUT2D eigenvalue weighted by atomic mass is 79.9. The number of carboxylic acids is 1. The van der Waals surface area contributed by atoms with Gasteiger partial charge in [-0.3, -0.25) is 4.79 Å². The number of carboxylic acid groups (broad SMARTS) is 1. The lowest BCUT2D eigenvalue weighted by Crippen LogP contribution is -2.29. The number of aliphatic carboxylic acids is 1. The number of nitrogens with one attached hydrogen (secondary N) is 1. The number of rotatable bonds is 5. The van der Waals surface area contributed by atoms with E-state index in [0.717, 1.165) is 6.42 Å². The fourth-order valence-electron chi connectivity index (χ4n) is 1.35. The third kappa shape index (κ3) is 3.28. The smallest absolute Gasteiger partial charge is 0.325 e. The van der Waals surface area contributed by atoms with Crippen molar-refractivity contribution in [2.75, 3.05) is 6.54 Å². The van der Waals surface area contributed by atoms with Crippen molar-refractivity contribution in [3.63, 3.8) is 0 Å². The molecule has 0 saturated carbocycles. The van der Waals surface area contributed by atoms with Crippen molar-refractivity contribution in [3.8, 4) is 0 Å². The van der Waals surface area contributed by atoms with Crippen molar-refractivity contribution in [2.45, 2.75) is 19.4 Å². The maximum absolute atomic E-state index is 13.6. The summed E-state index contributed by atoms with van der Waals surface area (Å²) < 4.78 is 14.1. The monoisotopic (exact) mass is 289 g/mol. The van der Waals surface area contributed by atoms with E-state index >= 15 is 0 Å². The van der Waals surface area contributed by atoms with Gasteiger partial charge in [0, 0.05) is 10.0 Å². The molecule has 88 valence electrons. The lowest BCUT2D eigenvalue weighted by molar-refractivity contribution is -0.139. The number of halogens is 2. The van der Waals surface area contributed by atoms with E-state index in [4.69, 9.17) is 5.11 Å². The van der Waals surface area contributed by atoms with E-state index in [1.165, 1.54) is 12.1 Å². The van der Waals surface area contributed by atoms with Gasteiger partial charge in [-0.05, 0) is 25.1 Å². The summed E-state index contributed by atoms with van der Waals surface area (Å²) in [6.45, 7) is 2.45. The molecule has 0 aliphatic heterocycles. The summed E-state index contributed by atoms with van der Waals surface area (Å²) in [5, 5.41) is 11.8. The zero-order chi connectivity index (χ0) is 12.1. The van der Waals surface area contributed by atoms with Gasteiger partial charge in [0.05, 0.1) is 0 Å². The van der Waals surface area contributed by atoms with Crippen molar-refractivity contribution in [2.24, 2.45) is 0 Å².